The second-order valence-electron chi connectivity index (χ2n) is 17.3. The molecule has 2 aliphatic heterocycles. The van der Waals surface area contributed by atoms with Crippen LogP contribution in [-0.2, 0) is 19.1 Å². The van der Waals surface area contributed by atoms with Crippen LogP contribution >= 0.6 is 0 Å². The smallest absolute Gasteiger partial charge is 0.407 e. The minimum atomic E-state index is -1.77. The average Bonchev–Trinajstić information content (AvgIpc) is 3.57. The van der Waals surface area contributed by atoms with Gasteiger partial charge in [-0.1, -0.05) is 89.3 Å². The fraction of sp³-hybridized carbons (Fsp3) is 0.476. The van der Waals surface area contributed by atoms with Crippen molar-refractivity contribution in [1.82, 2.24) is 40.4 Å². The number of imidazole rings is 2. The first-order valence-corrected chi connectivity index (χ1v) is 23.3. The first-order chi connectivity index (χ1) is 27.6. The van der Waals surface area contributed by atoms with Crippen molar-refractivity contribution in [3.05, 3.63) is 72.3 Å². The molecule has 1 saturated carbocycles. The number of amides is 4. The lowest BCUT2D eigenvalue weighted by atomic mass is 10.0. The van der Waals surface area contributed by atoms with Crippen molar-refractivity contribution < 1.29 is 33.0 Å². The molecular formula is C42H53FN8O6Si. The predicted octanol–water partition coefficient (Wildman–Crippen LogP) is 6.83. The molecule has 4 aromatic rings. The number of rotatable bonds is 11. The van der Waals surface area contributed by atoms with E-state index in [0.717, 1.165) is 40.7 Å². The number of hydrogen-bond donors (Lipinski definition) is 4. The summed E-state index contributed by atoms with van der Waals surface area (Å²) in [5.74, 6) is 0.133. The van der Waals surface area contributed by atoms with Crippen LogP contribution in [0.5, 0.6) is 0 Å². The highest BCUT2D eigenvalue weighted by atomic mass is 28.3. The number of hydrogen-bond acceptors (Lipinski definition) is 8. The first-order valence-electron chi connectivity index (χ1n) is 19.9. The molecule has 7 rings (SSSR count). The molecule has 58 heavy (non-hydrogen) atoms. The van der Waals surface area contributed by atoms with Crippen LogP contribution in [0.4, 0.5) is 14.0 Å². The number of piperidine rings is 1. The van der Waals surface area contributed by atoms with Crippen LogP contribution in [-0.4, -0.2) is 100 Å². The summed E-state index contributed by atoms with van der Waals surface area (Å²) >= 11 is 0. The number of benzene rings is 2. The zero-order valence-corrected chi connectivity index (χ0v) is 35.3. The van der Waals surface area contributed by atoms with Gasteiger partial charge in [-0.2, -0.15) is 4.39 Å². The zero-order valence-electron chi connectivity index (χ0n) is 34.3. The van der Waals surface area contributed by atoms with Gasteiger partial charge < -0.3 is 39.9 Å². The zero-order chi connectivity index (χ0) is 41.6. The Bertz CT molecular complexity index is 2170. The second-order valence-corrected chi connectivity index (χ2v) is 22.3. The molecule has 2 saturated heterocycles. The van der Waals surface area contributed by atoms with Gasteiger partial charge in [-0.05, 0) is 53.3 Å². The summed E-state index contributed by atoms with van der Waals surface area (Å²) in [5, 5.41) is 5.39. The molecule has 3 aliphatic rings. The predicted molar refractivity (Wildman–Crippen MR) is 218 cm³/mol. The Morgan fingerprint density at radius 3 is 1.90 bits per heavy atom. The van der Waals surface area contributed by atoms with E-state index < -0.39 is 44.3 Å². The number of fused-ring (bicyclic) bond motifs is 1. The highest BCUT2D eigenvalue weighted by molar-refractivity contribution is 6.78. The number of carbonyl (C=O) groups excluding carboxylic acids is 4. The van der Waals surface area contributed by atoms with Crippen molar-refractivity contribution in [2.24, 2.45) is 17.8 Å². The molecule has 4 amide bonds. The molecule has 16 heteroatoms. The van der Waals surface area contributed by atoms with E-state index >= 15 is 4.39 Å². The van der Waals surface area contributed by atoms with E-state index in [4.69, 9.17) is 14.5 Å². The Labute approximate surface area is 338 Å². The molecule has 4 heterocycles. The Morgan fingerprint density at radius 1 is 0.776 bits per heavy atom. The number of ether oxygens (including phenoxy) is 2. The van der Waals surface area contributed by atoms with Gasteiger partial charge >= 0.3 is 12.2 Å². The highest BCUT2D eigenvalue weighted by Gasteiger charge is 2.56. The Balaban J connectivity index is 1.04. The van der Waals surface area contributed by atoms with E-state index in [1.807, 2.05) is 81.1 Å². The summed E-state index contributed by atoms with van der Waals surface area (Å²) in [6.07, 6.45) is 2.71. The normalized spacial score (nSPS) is 21.8. The lowest BCUT2D eigenvalue weighted by molar-refractivity contribution is -0.137. The number of H-pyrrole nitrogens is 2. The number of carbonyl (C=O) groups is 4. The molecule has 1 aliphatic carbocycles. The van der Waals surface area contributed by atoms with Crippen molar-refractivity contribution in [2.75, 3.05) is 20.4 Å². The van der Waals surface area contributed by atoms with Crippen LogP contribution < -0.4 is 10.6 Å². The molecule has 2 aromatic carbocycles. The molecule has 0 radical (unpaired) electrons. The summed E-state index contributed by atoms with van der Waals surface area (Å²) in [5.41, 5.74) is 4.55. The standard InChI is InChI=1S/C42H53FN8O6Si/c1-22(2)33(47-41(54)56-5)39(52)50-21-58(7,8)20-32(50)37-44-19-29(45-37)26-13-9-24(10-14-26)25-11-15-27(16-12-25)35-36(43)49-38(46-35)31-18-28-17-30(28)51(31)40(53)34(23(3)4)48-42(55)57-6/h9-16,19,22-23,28,30-34H,17-18,20-21H2,1-8H3,(H,44,45)(H,46,49)(H,47,54)(H,48,55)/t28-,30-,31+,32+,33+,34+/m1/s1. The summed E-state index contributed by atoms with van der Waals surface area (Å²) in [6, 6.07) is 14.4. The molecule has 0 bridgehead atoms. The van der Waals surface area contributed by atoms with Gasteiger partial charge in [-0.15, -0.1) is 0 Å². The highest BCUT2D eigenvalue weighted by Crippen LogP contribution is 2.53. The van der Waals surface area contributed by atoms with Gasteiger partial charge in [0.05, 0.1) is 46.3 Å². The summed E-state index contributed by atoms with van der Waals surface area (Å²) < 4.78 is 25.0. The van der Waals surface area contributed by atoms with Crippen LogP contribution in [0.15, 0.2) is 54.7 Å². The number of alkyl carbamates (subject to hydrolysis) is 2. The van der Waals surface area contributed by atoms with Gasteiger partial charge in [0.25, 0.3) is 0 Å². The number of aromatic nitrogens is 4. The first kappa shape index (κ1) is 40.7. The monoisotopic (exact) mass is 812 g/mol. The molecule has 6 atom stereocenters. The number of likely N-dealkylation sites (tertiary alicyclic amines) is 1. The molecular weight excluding hydrogens is 760 g/mol. The largest absolute Gasteiger partial charge is 0.453 e. The lowest BCUT2D eigenvalue weighted by Crippen LogP contribution is -2.52. The van der Waals surface area contributed by atoms with Gasteiger partial charge in [0.2, 0.25) is 17.8 Å². The van der Waals surface area contributed by atoms with Crippen molar-refractivity contribution in [3.8, 4) is 33.6 Å². The van der Waals surface area contributed by atoms with Crippen molar-refractivity contribution in [3.63, 3.8) is 0 Å². The molecule has 0 spiro atoms. The molecule has 3 fully saturated rings. The maximum atomic E-state index is 15.5. The SMILES string of the molecule is COC(=O)N[C@H](C(=O)N1C[Si](C)(C)C[C@H]1c1ncc(-c2ccc(-c3ccc(-c4[nH]c([C@@H]5C[C@H]6C[C@H]6N5C(=O)[C@@H](NC(=O)OC)C(C)C)nc4F)cc3)cc2)[nH]1)C(C)C. The third-order valence-electron chi connectivity index (χ3n) is 11.8. The Morgan fingerprint density at radius 2 is 1.33 bits per heavy atom. The van der Waals surface area contributed by atoms with Gasteiger partial charge in [-0.3, -0.25) is 9.59 Å². The topological polar surface area (TPSA) is 175 Å². The van der Waals surface area contributed by atoms with Crippen LogP contribution in [0.1, 0.15) is 64.3 Å². The van der Waals surface area contributed by atoms with Crippen LogP contribution in [0.3, 0.4) is 0 Å². The summed E-state index contributed by atoms with van der Waals surface area (Å²) in [6.45, 7) is 12.1. The number of nitrogens with one attached hydrogen (secondary N) is 4. The van der Waals surface area contributed by atoms with Crippen molar-refractivity contribution >= 4 is 32.1 Å². The molecule has 308 valence electrons. The van der Waals surface area contributed by atoms with E-state index in [1.54, 1.807) is 11.1 Å². The minimum absolute atomic E-state index is 0.0406. The van der Waals surface area contributed by atoms with Gasteiger partial charge in [0.1, 0.15) is 29.4 Å². The fourth-order valence-electron chi connectivity index (χ4n) is 8.54. The van der Waals surface area contributed by atoms with Gasteiger partial charge in [-0.25, -0.2) is 19.6 Å². The number of methoxy groups -OCH3 is 2. The van der Waals surface area contributed by atoms with E-state index in [1.165, 1.54) is 14.2 Å². The van der Waals surface area contributed by atoms with E-state index in [0.29, 0.717) is 29.9 Å². The molecule has 0 unspecified atom stereocenters. The third-order valence-corrected chi connectivity index (χ3v) is 14.4. The maximum absolute atomic E-state index is 15.5. The quantitative estimate of drug-likeness (QED) is 0.119. The van der Waals surface area contributed by atoms with Crippen molar-refractivity contribution in [2.45, 2.75) is 89.9 Å². The van der Waals surface area contributed by atoms with Gasteiger partial charge in [0.15, 0.2) is 0 Å². The summed E-state index contributed by atoms with van der Waals surface area (Å²) in [7, 11) is 0.784. The average molecular weight is 813 g/mol. The molecule has 4 N–H and O–H groups in total. The van der Waals surface area contributed by atoms with Gasteiger partial charge in [0, 0.05) is 17.8 Å². The van der Waals surface area contributed by atoms with Crippen LogP contribution in [0, 0.1) is 23.7 Å². The third kappa shape index (κ3) is 8.11. The Kier molecular flexibility index (Phi) is 11.2. The van der Waals surface area contributed by atoms with E-state index in [9.17, 15) is 19.2 Å². The second kappa shape index (κ2) is 16.0. The lowest BCUT2D eigenvalue weighted by Gasteiger charge is -2.31. The van der Waals surface area contributed by atoms with E-state index in [-0.39, 0.29) is 41.4 Å². The van der Waals surface area contributed by atoms with Crippen LogP contribution in [0.2, 0.25) is 19.1 Å². The number of halogens is 1. The maximum Gasteiger partial charge on any atom is 0.407 e. The minimum Gasteiger partial charge on any atom is -0.453 e. The Hall–Kier alpha value is -5.51. The number of aromatic amines is 2. The molecule has 14 nitrogen and oxygen atoms in total. The van der Waals surface area contributed by atoms with E-state index in [2.05, 4.69) is 38.7 Å². The summed E-state index contributed by atoms with van der Waals surface area (Å²) in [4.78, 5) is 71.0. The molecule has 2 aromatic heterocycles. The van der Waals surface area contributed by atoms with Crippen molar-refractivity contribution in [1.29, 1.82) is 0 Å². The fourth-order valence-corrected chi connectivity index (χ4v) is 11.4. The van der Waals surface area contributed by atoms with Crippen LogP contribution in [0.25, 0.3) is 33.6 Å². The number of nitrogens with zero attached hydrogens (tertiary/aromatic N) is 4.